The molecule has 0 aromatic carbocycles. The second-order valence-electron chi connectivity index (χ2n) is 28.0. The molecule has 2 unspecified atom stereocenters. The molecule has 0 aliphatic heterocycles. The number of hydrogen-bond donors (Lipinski definition) is 2. The first-order valence-corrected chi connectivity index (χ1v) is 43.8. The lowest BCUT2D eigenvalue weighted by Gasteiger charge is -2.19. The Bertz CT molecular complexity index is 2180. The molecule has 0 aliphatic rings. The van der Waals surface area contributed by atoms with Crippen molar-refractivity contribution >= 4 is 19.8 Å². The zero-order valence-electron chi connectivity index (χ0n) is 65.6. The molecule has 0 fully saturated rings. The Morgan fingerprint density at radius 2 is 0.545 bits per heavy atom. The third-order valence-corrected chi connectivity index (χ3v) is 19.2. The van der Waals surface area contributed by atoms with Crippen LogP contribution in [0.4, 0.5) is 0 Å². The van der Waals surface area contributed by atoms with Gasteiger partial charge < -0.3 is 20.1 Å². The number of esters is 2. The minimum Gasteiger partial charge on any atom is -0.462 e. The van der Waals surface area contributed by atoms with Gasteiger partial charge in [-0.2, -0.15) is 0 Å². The van der Waals surface area contributed by atoms with Crippen LogP contribution in [0, 0.1) is 0 Å². The van der Waals surface area contributed by atoms with Crippen molar-refractivity contribution in [2.75, 3.05) is 26.4 Å². The minimum atomic E-state index is -4.41. The molecule has 0 amide bonds. The topological polar surface area (TPSA) is 134 Å². The summed E-state index contributed by atoms with van der Waals surface area (Å²) in [6, 6.07) is 0. The van der Waals surface area contributed by atoms with Crippen molar-refractivity contribution in [2.24, 2.45) is 5.73 Å². The minimum absolute atomic E-state index is 0.0465. The summed E-state index contributed by atoms with van der Waals surface area (Å²) in [6.07, 6.45) is 123. The van der Waals surface area contributed by atoms with Crippen LogP contribution in [0.3, 0.4) is 0 Å². The van der Waals surface area contributed by atoms with Gasteiger partial charge in [0.15, 0.2) is 6.10 Å². The van der Waals surface area contributed by atoms with Gasteiger partial charge in [0.2, 0.25) is 0 Å². The maximum Gasteiger partial charge on any atom is 0.472 e. The fourth-order valence-electron chi connectivity index (χ4n) is 12.0. The van der Waals surface area contributed by atoms with Gasteiger partial charge in [-0.25, -0.2) is 4.57 Å². The molecule has 0 aliphatic carbocycles. The molecular formula is C91H158NO8P. The number of nitrogens with two attached hydrogens (primary N) is 1. The maximum absolute atomic E-state index is 12.8. The number of phosphoric ester groups is 1. The summed E-state index contributed by atoms with van der Waals surface area (Å²) < 4.78 is 33.3. The second-order valence-corrected chi connectivity index (χ2v) is 29.4. The summed E-state index contributed by atoms with van der Waals surface area (Å²) in [4.78, 5) is 35.5. The van der Waals surface area contributed by atoms with E-state index >= 15 is 0 Å². The number of unbranched alkanes of at least 4 members (excludes halogenated alkanes) is 42. The van der Waals surface area contributed by atoms with Crippen LogP contribution < -0.4 is 5.73 Å². The number of carbonyl (C=O) groups excluding carboxylic acids is 2. The lowest BCUT2D eigenvalue weighted by atomic mass is 10.0. The molecule has 3 N–H and O–H groups in total. The van der Waals surface area contributed by atoms with Crippen molar-refractivity contribution < 1.29 is 37.6 Å². The molecule has 0 spiro atoms. The van der Waals surface area contributed by atoms with Gasteiger partial charge in [0.25, 0.3) is 0 Å². The molecule has 0 aromatic heterocycles. The predicted molar refractivity (Wildman–Crippen MR) is 440 cm³/mol. The van der Waals surface area contributed by atoms with E-state index < -0.39 is 26.5 Å². The SMILES string of the molecule is CC/C=C\C/C=C\C/C=C\C/C=C\C/C=C\C/C=C\C/C=C\C/C=C\C/C=C\C/C=C\C/C=C\CCCCCCCCCC(=O)OC(COC(=O)CCCCCCCCCCCCCCCCCCCCCCCCCCCCC/C=C\CCCCCCCCCC)COP(=O)(O)OCCN. The molecular weight excluding hydrogens is 1270 g/mol. The van der Waals surface area contributed by atoms with Crippen LogP contribution in [-0.4, -0.2) is 49.3 Å². The summed E-state index contributed by atoms with van der Waals surface area (Å²) in [5.74, 6) is -0.834. The standard InChI is InChI=1S/C91H158NO8P/c1-3-5-7-9-11-13-15-17-19-21-23-25-27-29-31-33-35-37-39-41-43-44-46-48-50-52-54-56-58-60-62-64-66-68-70-72-74-76-78-80-82-84-91(94)100-89(88-99-101(95,96)98-86-85-92)87-97-90(93)83-81-79-77-75-73-71-69-67-65-63-61-59-57-55-53-51-49-47-45-42-40-38-36-34-32-30-28-26-24-22-20-18-16-14-12-10-8-6-4-2/h5,7,11,13,17,19,22-25,29,31,35,37,41,43,46,48,52,54,58,60,64,66,89H,3-4,6,8-10,12,14-16,18,20-21,26-28,30,32-34,36,38-40,42,44-45,47,49-51,53,55-57,59,61-63,65,67-88,92H2,1-2H3,(H,95,96)/b7-5-,13-11-,19-17-,24-22-,25-23-,31-29-,37-35-,43-41-,48-46-,54-52-,60-58-,66-64-. The lowest BCUT2D eigenvalue weighted by Crippen LogP contribution is -2.29. The molecule has 580 valence electrons. The van der Waals surface area contributed by atoms with E-state index in [0.717, 1.165) is 116 Å². The molecule has 0 aromatic rings. The molecule has 101 heavy (non-hydrogen) atoms. The first-order valence-electron chi connectivity index (χ1n) is 42.3. The van der Waals surface area contributed by atoms with E-state index in [1.807, 2.05) is 0 Å². The highest BCUT2D eigenvalue weighted by atomic mass is 31.2. The van der Waals surface area contributed by atoms with Crippen LogP contribution in [-0.2, 0) is 32.7 Å². The average molecular weight is 1430 g/mol. The number of carbonyl (C=O) groups is 2. The van der Waals surface area contributed by atoms with Crippen molar-refractivity contribution in [1.82, 2.24) is 0 Å². The molecule has 2 atom stereocenters. The second kappa shape index (κ2) is 84.8. The van der Waals surface area contributed by atoms with Gasteiger partial charge in [-0.1, -0.05) is 397 Å². The van der Waals surface area contributed by atoms with E-state index in [-0.39, 0.29) is 38.6 Å². The van der Waals surface area contributed by atoms with Crippen LogP contribution in [0.5, 0.6) is 0 Å². The molecule has 0 saturated heterocycles. The highest BCUT2D eigenvalue weighted by Gasteiger charge is 2.26. The van der Waals surface area contributed by atoms with E-state index in [1.165, 1.54) is 238 Å². The third-order valence-electron chi connectivity index (χ3n) is 18.2. The summed E-state index contributed by atoms with van der Waals surface area (Å²) in [7, 11) is -4.41. The van der Waals surface area contributed by atoms with Gasteiger partial charge >= 0.3 is 19.8 Å². The quantitative estimate of drug-likeness (QED) is 0.0264. The number of phosphoric acid groups is 1. The van der Waals surface area contributed by atoms with Gasteiger partial charge in [-0.3, -0.25) is 18.6 Å². The van der Waals surface area contributed by atoms with Gasteiger partial charge in [0.05, 0.1) is 13.2 Å². The molecule has 0 saturated carbocycles. The molecule has 9 nitrogen and oxygen atoms in total. The average Bonchev–Trinajstić information content (AvgIpc) is 1.04. The summed E-state index contributed by atoms with van der Waals surface area (Å²) in [5.41, 5.74) is 5.42. The van der Waals surface area contributed by atoms with E-state index in [4.69, 9.17) is 24.3 Å². The van der Waals surface area contributed by atoms with Crippen molar-refractivity contribution in [3.8, 4) is 0 Å². The predicted octanol–water partition coefficient (Wildman–Crippen LogP) is 28.9. The molecule has 10 heteroatoms. The summed E-state index contributed by atoms with van der Waals surface area (Å²) >= 11 is 0. The van der Waals surface area contributed by atoms with Crippen molar-refractivity contribution in [3.63, 3.8) is 0 Å². The molecule has 0 heterocycles. The molecule has 0 bridgehead atoms. The largest absolute Gasteiger partial charge is 0.472 e. The Morgan fingerprint density at radius 3 is 0.822 bits per heavy atom. The van der Waals surface area contributed by atoms with E-state index in [9.17, 15) is 19.0 Å². The maximum atomic E-state index is 12.8. The fraction of sp³-hybridized carbons (Fsp3) is 0.714. The van der Waals surface area contributed by atoms with Crippen LogP contribution in [0.25, 0.3) is 0 Å². The van der Waals surface area contributed by atoms with E-state index in [0.29, 0.717) is 6.42 Å². The van der Waals surface area contributed by atoms with Gasteiger partial charge in [0.1, 0.15) is 6.61 Å². The molecule has 0 rings (SSSR count). The number of hydrogen-bond acceptors (Lipinski definition) is 8. The lowest BCUT2D eigenvalue weighted by molar-refractivity contribution is -0.161. The van der Waals surface area contributed by atoms with E-state index in [1.54, 1.807) is 0 Å². The summed E-state index contributed by atoms with van der Waals surface area (Å²) in [6.45, 7) is 3.65. The first-order chi connectivity index (χ1) is 49.8. The highest BCUT2D eigenvalue weighted by Crippen LogP contribution is 2.43. The highest BCUT2D eigenvalue weighted by molar-refractivity contribution is 7.47. The monoisotopic (exact) mass is 1420 g/mol. The van der Waals surface area contributed by atoms with Gasteiger partial charge in [-0.15, -0.1) is 0 Å². The Morgan fingerprint density at radius 1 is 0.307 bits per heavy atom. The van der Waals surface area contributed by atoms with Crippen molar-refractivity contribution in [3.05, 3.63) is 146 Å². The van der Waals surface area contributed by atoms with Gasteiger partial charge in [0, 0.05) is 19.4 Å². The van der Waals surface area contributed by atoms with Crippen LogP contribution in [0.15, 0.2) is 146 Å². The Hall–Kier alpha value is -4.11. The summed E-state index contributed by atoms with van der Waals surface area (Å²) in [5, 5.41) is 0. The smallest absolute Gasteiger partial charge is 0.462 e. The number of rotatable bonds is 79. The number of ether oxygens (including phenoxy) is 2. The number of allylic oxidation sites excluding steroid dienone is 24. The Kier molecular flexibility index (Phi) is 81.4. The van der Waals surface area contributed by atoms with Crippen molar-refractivity contribution in [1.29, 1.82) is 0 Å². The fourth-order valence-corrected chi connectivity index (χ4v) is 12.8. The van der Waals surface area contributed by atoms with Crippen LogP contribution >= 0.6 is 7.82 Å². The zero-order chi connectivity index (χ0) is 72.9. The van der Waals surface area contributed by atoms with Crippen LogP contribution in [0.2, 0.25) is 0 Å². The third kappa shape index (κ3) is 84.7. The Labute approximate surface area is 624 Å². The first kappa shape index (κ1) is 96.9. The van der Waals surface area contributed by atoms with Crippen molar-refractivity contribution in [2.45, 2.75) is 392 Å². The van der Waals surface area contributed by atoms with Crippen LogP contribution in [0.1, 0.15) is 386 Å². The molecule has 0 radical (unpaired) electrons. The Balaban J connectivity index is 3.85. The van der Waals surface area contributed by atoms with Gasteiger partial charge in [-0.05, 0) is 122 Å². The zero-order valence-corrected chi connectivity index (χ0v) is 66.5. The van der Waals surface area contributed by atoms with E-state index in [2.05, 4.69) is 160 Å². The normalized spacial score (nSPS) is 13.6.